The van der Waals surface area contributed by atoms with Crippen molar-refractivity contribution in [2.24, 2.45) is 5.92 Å². The molecule has 0 aromatic carbocycles. The van der Waals surface area contributed by atoms with Crippen LogP contribution in [0.1, 0.15) is 12.8 Å². The Morgan fingerprint density at radius 3 is 2.88 bits per heavy atom. The van der Waals surface area contributed by atoms with Crippen LogP contribution in [0.5, 0.6) is 5.88 Å². The third-order valence-electron chi connectivity index (χ3n) is 4.35. The Morgan fingerprint density at radius 2 is 2.12 bits per heavy atom. The molecule has 3 aromatic rings. The van der Waals surface area contributed by atoms with Crippen LogP contribution in [0.15, 0.2) is 35.1 Å². The number of anilines is 1. The molecule has 0 saturated carbocycles. The molecule has 3 aromatic heterocycles. The van der Waals surface area contributed by atoms with Gasteiger partial charge in [0, 0.05) is 25.4 Å². The average Bonchev–Trinajstić information content (AvgIpc) is 3.11. The van der Waals surface area contributed by atoms with Crippen LogP contribution in [-0.2, 0) is 0 Å². The van der Waals surface area contributed by atoms with E-state index in [1.807, 2.05) is 24.5 Å². The first-order chi connectivity index (χ1) is 12.3. The van der Waals surface area contributed by atoms with E-state index in [2.05, 4.69) is 24.8 Å². The zero-order valence-electron chi connectivity index (χ0n) is 14.0. The minimum absolute atomic E-state index is 0.554. The number of pyridine rings is 1. The summed E-state index contributed by atoms with van der Waals surface area (Å²) in [5, 5.41) is 0. The lowest BCUT2D eigenvalue weighted by atomic mass is 9.98. The largest absolute Gasteiger partial charge is 0.477 e. The number of piperidine rings is 1. The van der Waals surface area contributed by atoms with Crippen LogP contribution in [-0.4, -0.2) is 45.9 Å². The van der Waals surface area contributed by atoms with Gasteiger partial charge in [-0.2, -0.15) is 0 Å². The lowest BCUT2D eigenvalue weighted by molar-refractivity contribution is 0.216. The van der Waals surface area contributed by atoms with E-state index in [1.54, 1.807) is 35.6 Å². The van der Waals surface area contributed by atoms with Crippen molar-refractivity contribution in [1.82, 2.24) is 19.9 Å². The summed E-state index contributed by atoms with van der Waals surface area (Å²) < 4.78 is 7.94. The zero-order chi connectivity index (χ0) is 17.1. The lowest BCUT2D eigenvalue weighted by Gasteiger charge is -2.32. The van der Waals surface area contributed by atoms with Gasteiger partial charge in [0.25, 0.3) is 0 Å². The molecular formula is C17H19N5OS2. The van der Waals surface area contributed by atoms with E-state index in [1.165, 1.54) is 0 Å². The smallest absolute Gasteiger partial charge is 0.213 e. The fourth-order valence-electron chi connectivity index (χ4n) is 2.98. The highest BCUT2D eigenvalue weighted by atomic mass is 32.2. The molecule has 1 aliphatic heterocycles. The topological polar surface area (TPSA) is 64.0 Å². The van der Waals surface area contributed by atoms with Crippen LogP contribution < -0.4 is 9.64 Å². The van der Waals surface area contributed by atoms with Gasteiger partial charge in [-0.1, -0.05) is 17.8 Å². The summed E-state index contributed by atoms with van der Waals surface area (Å²) >= 11 is 3.33. The molecule has 4 rings (SSSR count). The molecule has 0 amide bonds. The summed E-state index contributed by atoms with van der Waals surface area (Å²) in [5.74, 6) is 2.28. The number of aromatic nitrogens is 4. The maximum absolute atomic E-state index is 5.81. The summed E-state index contributed by atoms with van der Waals surface area (Å²) in [6.45, 7) is 2.69. The van der Waals surface area contributed by atoms with E-state index in [9.17, 15) is 0 Å². The van der Waals surface area contributed by atoms with Gasteiger partial charge < -0.3 is 9.64 Å². The highest BCUT2D eigenvalue weighted by Gasteiger charge is 2.23. The molecule has 0 unspecified atom stereocenters. The Bertz CT molecular complexity index is 833. The Morgan fingerprint density at radius 1 is 1.24 bits per heavy atom. The van der Waals surface area contributed by atoms with E-state index >= 15 is 0 Å². The first-order valence-electron chi connectivity index (χ1n) is 8.28. The van der Waals surface area contributed by atoms with Crippen LogP contribution in [0, 0.1) is 5.92 Å². The van der Waals surface area contributed by atoms with E-state index in [0.717, 1.165) is 53.0 Å². The van der Waals surface area contributed by atoms with Gasteiger partial charge in [0.1, 0.15) is 11.0 Å². The van der Waals surface area contributed by atoms with Crippen LogP contribution in [0.25, 0.3) is 10.3 Å². The van der Waals surface area contributed by atoms with Crippen LogP contribution in [0.4, 0.5) is 5.82 Å². The molecule has 8 heteroatoms. The maximum atomic E-state index is 5.81. The molecule has 1 saturated heterocycles. The molecule has 25 heavy (non-hydrogen) atoms. The van der Waals surface area contributed by atoms with Crippen molar-refractivity contribution in [3.8, 4) is 5.88 Å². The lowest BCUT2D eigenvalue weighted by Crippen LogP contribution is -2.36. The third-order valence-corrected chi connectivity index (χ3v) is 6.37. The van der Waals surface area contributed by atoms with E-state index < -0.39 is 0 Å². The van der Waals surface area contributed by atoms with Gasteiger partial charge in [0.05, 0.1) is 6.61 Å². The summed E-state index contributed by atoms with van der Waals surface area (Å²) in [6, 6.07) is 5.75. The molecular weight excluding hydrogens is 354 g/mol. The molecule has 0 atom stereocenters. The number of hydrogen-bond acceptors (Lipinski definition) is 8. The molecule has 4 heterocycles. The van der Waals surface area contributed by atoms with Crippen molar-refractivity contribution in [1.29, 1.82) is 0 Å². The second-order valence-corrected chi connectivity index (χ2v) is 8.00. The van der Waals surface area contributed by atoms with Crippen molar-refractivity contribution in [3.05, 3.63) is 30.7 Å². The van der Waals surface area contributed by atoms with Gasteiger partial charge in [-0.05, 0) is 31.1 Å². The number of thioether (sulfide) groups is 1. The van der Waals surface area contributed by atoms with Gasteiger partial charge >= 0.3 is 0 Å². The predicted molar refractivity (Wildman–Crippen MR) is 102 cm³/mol. The van der Waals surface area contributed by atoms with Gasteiger partial charge in [0.15, 0.2) is 15.8 Å². The zero-order valence-corrected chi connectivity index (χ0v) is 15.6. The molecule has 1 aliphatic rings. The van der Waals surface area contributed by atoms with Crippen molar-refractivity contribution < 1.29 is 4.74 Å². The second-order valence-electron chi connectivity index (χ2n) is 5.94. The number of thiazole rings is 1. The number of ether oxygens (including phenoxy) is 1. The van der Waals surface area contributed by atoms with Gasteiger partial charge in [0.2, 0.25) is 5.88 Å². The summed E-state index contributed by atoms with van der Waals surface area (Å²) in [6.07, 6.45) is 7.60. The van der Waals surface area contributed by atoms with Crippen molar-refractivity contribution in [2.75, 3.05) is 30.9 Å². The number of rotatable bonds is 5. The van der Waals surface area contributed by atoms with E-state index in [4.69, 9.17) is 4.74 Å². The normalized spacial score (nSPS) is 15.6. The Balaban J connectivity index is 1.39. The minimum Gasteiger partial charge on any atom is -0.477 e. The Hall–Kier alpha value is -1.93. The van der Waals surface area contributed by atoms with Crippen molar-refractivity contribution >= 4 is 39.3 Å². The summed E-state index contributed by atoms with van der Waals surface area (Å²) in [4.78, 5) is 19.9. The van der Waals surface area contributed by atoms with E-state index in [-0.39, 0.29) is 0 Å². The number of fused-ring (bicyclic) bond motifs is 1. The predicted octanol–water partition coefficient (Wildman–Crippen LogP) is 3.50. The standard InChI is InChI=1S/C17H19N5OS2/c1-24-17-21-15-14(25-17)16(20-11-19-15)22-8-5-12(6-9-22)10-23-13-4-2-3-7-18-13/h2-4,7,11-12H,5-6,8-10H2,1H3. The third kappa shape index (κ3) is 3.69. The van der Waals surface area contributed by atoms with E-state index in [0.29, 0.717) is 11.8 Å². The Labute approximate surface area is 154 Å². The molecule has 6 nitrogen and oxygen atoms in total. The van der Waals surface area contributed by atoms with Gasteiger partial charge in [-0.25, -0.2) is 19.9 Å². The molecule has 1 fully saturated rings. The minimum atomic E-state index is 0.554. The monoisotopic (exact) mass is 373 g/mol. The molecule has 0 N–H and O–H groups in total. The van der Waals surface area contributed by atoms with Crippen molar-refractivity contribution in [2.45, 2.75) is 17.2 Å². The Kier molecular flexibility index (Phi) is 4.98. The SMILES string of the molecule is CSc1nc2ncnc(N3CCC(COc4ccccn4)CC3)c2s1. The first-order valence-corrected chi connectivity index (χ1v) is 10.3. The number of nitrogens with zero attached hydrogens (tertiary/aromatic N) is 5. The molecule has 0 radical (unpaired) electrons. The highest BCUT2D eigenvalue weighted by molar-refractivity contribution is 8.00. The first kappa shape index (κ1) is 16.5. The van der Waals surface area contributed by atoms with Crippen molar-refractivity contribution in [3.63, 3.8) is 0 Å². The quantitative estimate of drug-likeness (QED) is 0.634. The molecule has 130 valence electrons. The van der Waals surface area contributed by atoms with Crippen LogP contribution in [0.2, 0.25) is 0 Å². The van der Waals surface area contributed by atoms with Crippen LogP contribution >= 0.6 is 23.1 Å². The highest BCUT2D eigenvalue weighted by Crippen LogP contribution is 2.34. The summed E-state index contributed by atoms with van der Waals surface area (Å²) in [7, 11) is 0. The molecule has 0 aliphatic carbocycles. The fourth-order valence-corrected chi connectivity index (χ4v) is 4.51. The van der Waals surface area contributed by atoms with Crippen LogP contribution in [0.3, 0.4) is 0 Å². The van der Waals surface area contributed by atoms with Gasteiger partial charge in [-0.15, -0.1) is 11.3 Å². The summed E-state index contributed by atoms with van der Waals surface area (Å²) in [5.41, 5.74) is 0.806. The fraction of sp³-hybridized carbons (Fsp3) is 0.412. The second kappa shape index (κ2) is 7.53. The molecule has 0 bridgehead atoms. The van der Waals surface area contributed by atoms with Gasteiger partial charge in [-0.3, -0.25) is 0 Å². The maximum Gasteiger partial charge on any atom is 0.213 e. The average molecular weight is 374 g/mol. The molecule has 0 spiro atoms. The number of hydrogen-bond donors (Lipinski definition) is 0.